The lowest BCUT2D eigenvalue weighted by molar-refractivity contribution is 0.536. The third kappa shape index (κ3) is 2.40. The maximum absolute atomic E-state index is 12.2. The van der Waals surface area contributed by atoms with Crippen molar-refractivity contribution in [3.05, 3.63) is 0 Å². The Labute approximate surface area is 97.8 Å². The monoisotopic (exact) mass is 241 g/mol. The summed E-state index contributed by atoms with van der Waals surface area (Å²) in [6, 6.07) is 2.17. The van der Waals surface area contributed by atoms with E-state index in [1.165, 1.54) is 12.8 Å². The lowest BCUT2D eigenvalue weighted by atomic mass is 10.1. The molecule has 2 rings (SSSR count). The van der Waals surface area contributed by atoms with Crippen molar-refractivity contribution in [1.29, 1.82) is 5.26 Å². The van der Waals surface area contributed by atoms with Crippen LogP contribution in [0.4, 0.5) is 0 Å². The highest BCUT2D eigenvalue weighted by atomic mass is 32.2. The summed E-state index contributed by atoms with van der Waals surface area (Å²) in [4.78, 5) is 0. The largest absolute Gasteiger partial charge is 0.228 e. The van der Waals surface area contributed by atoms with Gasteiger partial charge in [0.05, 0.1) is 23.0 Å². The van der Waals surface area contributed by atoms with Gasteiger partial charge < -0.3 is 0 Å². The van der Waals surface area contributed by atoms with Crippen LogP contribution in [0.15, 0.2) is 0 Å². The molecule has 2 atom stereocenters. The first-order chi connectivity index (χ1) is 7.63. The summed E-state index contributed by atoms with van der Waals surface area (Å²) >= 11 is 0. The Hall–Kier alpha value is -0.560. The van der Waals surface area contributed by atoms with Gasteiger partial charge >= 0.3 is 0 Å². The van der Waals surface area contributed by atoms with Gasteiger partial charge in [-0.1, -0.05) is 19.3 Å². The standard InChI is InChI=1S/C12H19NO2S/c13-8-11-6-3-7-12(11)16(14,15)9-10-4-1-2-5-10/h10-12H,1-7,9H2. The molecule has 0 bridgehead atoms. The molecule has 0 heterocycles. The topological polar surface area (TPSA) is 57.9 Å². The quantitative estimate of drug-likeness (QED) is 0.761. The Bertz CT molecular complexity index is 376. The molecular weight excluding hydrogens is 222 g/mol. The van der Waals surface area contributed by atoms with Crippen molar-refractivity contribution in [2.24, 2.45) is 11.8 Å². The van der Waals surface area contributed by atoms with Crippen molar-refractivity contribution in [1.82, 2.24) is 0 Å². The molecule has 16 heavy (non-hydrogen) atoms. The summed E-state index contributed by atoms with van der Waals surface area (Å²) in [6.45, 7) is 0. The van der Waals surface area contributed by atoms with Gasteiger partial charge in [-0.05, 0) is 31.6 Å². The van der Waals surface area contributed by atoms with Crippen LogP contribution >= 0.6 is 0 Å². The third-order valence-corrected chi connectivity index (χ3v) is 6.45. The summed E-state index contributed by atoms with van der Waals surface area (Å²) in [5.74, 6) is 0.451. The van der Waals surface area contributed by atoms with E-state index in [0.29, 0.717) is 18.1 Å². The Balaban J connectivity index is 2.03. The van der Waals surface area contributed by atoms with Crippen molar-refractivity contribution >= 4 is 9.84 Å². The van der Waals surface area contributed by atoms with Crippen LogP contribution < -0.4 is 0 Å². The zero-order valence-electron chi connectivity index (χ0n) is 9.56. The predicted octanol–water partition coefficient (Wildman–Crippen LogP) is 2.28. The minimum Gasteiger partial charge on any atom is -0.228 e. The summed E-state index contributed by atoms with van der Waals surface area (Å²) < 4.78 is 24.4. The number of rotatable bonds is 3. The number of nitrogens with zero attached hydrogens (tertiary/aromatic N) is 1. The Morgan fingerprint density at radius 2 is 1.75 bits per heavy atom. The van der Waals surface area contributed by atoms with Crippen molar-refractivity contribution < 1.29 is 8.42 Å². The van der Waals surface area contributed by atoms with E-state index in [4.69, 9.17) is 5.26 Å². The van der Waals surface area contributed by atoms with E-state index in [-0.39, 0.29) is 11.2 Å². The fraction of sp³-hybridized carbons (Fsp3) is 0.917. The average molecular weight is 241 g/mol. The molecule has 3 nitrogen and oxygen atoms in total. The van der Waals surface area contributed by atoms with Gasteiger partial charge in [-0.25, -0.2) is 8.42 Å². The number of hydrogen-bond donors (Lipinski definition) is 0. The predicted molar refractivity (Wildman–Crippen MR) is 62.5 cm³/mol. The normalized spacial score (nSPS) is 31.7. The van der Waals surface area contributed by atoms with E-state index in [9.17, 15) is 8.42 Å². The van der Waals surface area contributed by atoms with Crippen LogP contribution in [0.5, 0.6) is 0 Å². The molecule has 4 heteroatoms. The molecular formula is C12H19NO2S. The second kappa shape index (κ2) is 4.75. The summed E-state index contributed by atoms with van der Waals surface area (Å²) in [5, 5.41) is 8.58. The Morgan fingerprint density at radius 1 is 1.06 bits per heavy atom. The van der Waals surface area contributed by atoms with Gasteiger partial charge in [0.1, 0.15) is 0 Å². The zero-order valence-corrected chi connectivity index (χ0v) is 10.4. The van der Waals surface area contributed by atoms with Gasteiger partial charge in [0.2, 0.25) is 0 Å². The summed E-state index contributed by atoms with van der Waals surface area (Å²) in [6.07, 6.45) is 6.83. The molecule has 2 fully saturated rings. The zero-order chi connectivity index (χ0) is 11.6. The van der Waals surface area contributed by atoms with E-state index >= 15 is 0 Å². The first kappa shape index (κ1) is 11.9. The average Bonchev–Trinajstić information content (AvgIpc) is 2.85. The molecule has 0 spiro atoms. The lowest BCUT2D eigenvalue weighted by Gasteiger charge is -2.17. The maximum atomic E-state index is 12.2. The van der Waals surface area contributed by atoms with Crippen molar-refractivity contribution in [2.45, 2.75) is 50.2 Å². The molecule has 2 aliphatic carbocycles. The molecule has 0 saturated heterocycles. The van der Waals surface area contributed by atoms with Gasteiger partial charge in [-0.2, -0.15) is 5.26 Å². The highest BCUT2D eigenvalue weighted by Gasteiger charge is 2.38. The van der Waals surface area contributed by atoms with Crippen LogP contribution in [0, 0.1) is 23.2 Å². The highest BCUT2D eigenvalue weighted by molar-refractivity contribution is 7.92. The lowest BCUT2D eigenvalue weighted by Crippen LogP contribution is -2.29. The first-order valence-electron chi connectivity index (χ1n) is 6.24. The van der Waals surface area contributed by atoms with Crippen LogP contribution in [-0.2, 0) is 9.84 Å². The second-order valence-corrected chi connectivity index (χ2v) is 7.45. The van der Waals surface area contributed by atoms with E-state index in [1.54, 1.807) is 0 Å². The van der Waals surface area contributed by atoms with Crippen molar-refractivity contribution in [3.8, 4) is 6.07 Å². The molecule has 90 valence electrons. The third-order valence-electron chi connectivity index (χ3n) is 4.02. The molecule has 0 aromatic heterocycles. The van der Waals surface area contributed by atoms with Crippen molar-refractivity contribution in [2.75, 3.05) is 5.75 Å². The van der Waals surface area contributed by atoms with Gasteiger partial charge in [0.25, 0.3) is 0 Å². The van der Waals surface area contributed by atoms with E-state index < -0.39 is 9.84 Å². The van der Waals surface area contributed by atoms with E-state index in [2.05, 4.69) is 6.07 Å². The Kier molecular flexibility index (Phi) is 3.53. The van der Waals surface area contributed by atoms with Crippen molar-refractivity contribution in [3.63, 3.8) is 0 Å². The molecule has 0 aromatic carbocycles. The van der Waals surface area contributed by atoms with Crippen LogP contribution in [0.2, 0.25) is 0 Å². The smallest absolute Gasteiger partial charge is 0.154 e. The van der Waals surface area contributed by atoms with Gasteiger partial charge in [-0.15, -0.1) is 0 Å². The Morgan fingerprint density at radius 3 is 2.38 bits per heavy atom. The number of nitriles is 1. The van der Waals surface area contributed by atoms with Crippen LogP contribution in [0.1, 0.15) is 44.9 Å². The maximum Gasteiger partial charge on any atom is 0.154 e. The van der Waals surface area contributed by atoms with Crippen LogP contribution in [0.3, 0.4) is 0 Å². The molecule has 0 aliphatic heterocycles. The molecule has 0 radical (unpaired) electrons. The summed E-state index contributed by atoms with van der Waals surface area (Å²) in [7, 11) is -3.03. The molecule has 0 amide bonds. The number of hydrogen-bond acceptors (Lipinski definition) is 3. The highest BCUT2D eigenvalue weighted by Crippen LogP contribution is 2.34. The molecule has 0 N–H and O–H groups in total. The molecule has 2 unspecified atom stereocenters. The SMILES string of the molecule is N#CC1CCCC1S(=O)(=O)CC1CCCC1. The molecule has 2 saturated carbocycles. The molecule has 0 aromatic rings. The van der Waals surface area contributed by atoms with Gasteiger partial charge in [0, 0.05) is 0 Å². The van der Waals surface area contributed by atoms with E-state index in [0.717, 1.165) is 25.7 Å². The fourth-order valence-electron chi connectivity index (χ4n) is 3.13. The summed E-state index contributed by atoms with van der Waals surface area (Å²) in [5.41, 5.74) is 0. The first-order valence-corrected chi connectivity index (χ1v) is 7.96. The van der Waals surface area contributed by atoms with Crippen LogP contribution in [0.25, 0.3) is 0 Å². The fourth-order valence-corrected chi connectivity index (χ4v) is 5.59. The second-order valence-electron chi connectivity index (χ2n) is 5.18. The minimum atomic E-state index is -3.03. The van der Waals surface area contributed by atoms with Crippen LogP contribution in [-0.4, -0.2) is 19.4 Å². The van der Waals surface area contributed by atoms with Gasteiger partial charge in [0.15, 0.2) is 9.84 Å². The van der Waals surface area contributed by atoms with E-state index in [1.807, 2.05) is 0 Å². The number of sulfone groups is 1. The molecule has 2 aliphatic rings. The van der Waals surface area contributed by atoms with Gasteiger partial charge in [-0.3, -0.25) is 0 Å². The minimum absolute atomic E-state index is 0.244.